The van der Waals surface area contributed by atoms with Gasteiger partial charge in [0.1, 0.15) is 19.8 Å². The van der Waals surface area contributed by atoms with Crippen molar-refractivity contribution in [3.05, 3.63) is 12.2 Å². The lowest BCUT2D eigenvalue weighted by atomic mass is 10.0. The molecule has 332 valence electrons. The molecular weight excluding hydrogens is 725 g/mol. The number of nitrogens with zero attached hydrogens (tertiary/aromatic N) is 1. The largest absolute Gasteiger partial charge is 0.472 e. The standard InChI is InChI=1S/C46H90NO8P/c1-6-8-10-12-14-16-18-20-22-24-26-28-30-32-34-36-38-45(48)52-42-44(43-54-56(50,51)53-41-40-47(3,4)5)55-46(49)39-37-35-33-31-29-27-25-23-21-19-17-15-13-11-9-7-2/h23,25,44H,6-22,24,26-43H2,1-5H3/p+1/b25-23-/t44-/m1/s1. The van der Waals surface area contributed by atoms with E-state index in [0.29, 0.717) is 23.9 Å². The Morgan fingerprint density at radius 3 is 1.32 bits per heavy atom. The summed E-state index contributed by atoms with van der Waals surface area (Å²) in [5, 5.41) is 0. The number of unbranched alkanes of at least 4 members (excludes halogenated alkanes) is 27. The SMILES string of the molecule is CCCCCCCCC/C=C\CCCCCCCC(=O)O[C@H](COC(=O)CCCCCCCCCCCCCCCCCC)COP(=O)(O)OCC[N+](C)(C)C. The first-order valence-electron chi connectivity index (χ1n) is 23.4. The fourth-order valence-corrected chi connectivity index (χ4v) is 7.34. The van der Waals surface area contributed by atoms with Crippen LogP contribution >= 0.6 is 7.82 Å². The summed E-state index contributed by atoms with van der Waals surface area (Å²) >= 11 is 0. The Balaban J connectivity index is 4.31. The molecule has 0 aliphatic heterocycles. The number of hydrogen-bond donors (Lipinski definition) is 1. The van der Waals surface area contributed by atoms with E-state index in [1.54, 1.807) is 0 Å². The molecule has 0 aliphatic rings. The highest BCUT2D eigenvalue weighted by Gasteiger charge is 2.27. The lowest BCUT2D eigenvalue weighted by molar-refractivity contribution is -0.870. The van der Waals surface area contributed by atoms with Crippen molar-refractivity contribution < 1.29 is 42.1 Å². The minimum Gasteiger partial charge on any atom is -0.462 e. The summed E-state index contributed by atoms with van der Waals surface area (Å²) in [5.41, 5.74) is 0. The fourth-order valence-electron chi connectivity index (χ4n) is 6.60. The van der Waals surface area contributed by atoms with E-state index in [1.807, 2.05) is 21.1 Å². The quantitative estimate of drug-likeness (QED) is 0.0213. The van der Waals surface area contributed by atoms with E-state index in [-0.39, 0.29) is 25.6 Å². The molecule has 1 unspecified atom stereocenters. The summed E-state index contributed by atoms with van der Waals surface area (Å²) in [4.78, 5) is 35.4. The first kappa shape index (κ1) is 54.8. The lowest BCUT2D eigenvalue weighted by Crippen LogP contribution is -2.37. The zero-order chi connectivity index (χ0) is 41.4. The second kappa shape index (κ2) is 39.2. The summed E-state index contributed by atoms with van der Waals surface area (Å²) in [7, 11) is 1.48. The molecule has 0 aromatic carbocycles. The van der Waals surface area contributed by atoms with Gasteiger partial charge in [-0.3, -0.25) is 18.6 Å². The molecule has 2 atom stereocenters. The maximum Gasteiger partial charge on any atom is 0.472 e. The molecule has 10 heteroatoms. The molecule has 9 nitrogen and oxygen atoms in total. The van der Waals surface area contributed by atoms with E-state index in [9.17, 15) is 19.0 Å². The molecule has 0 aromatic rings. The van der Waals surface area contributed by atoms with Gasteiger partial charge < -0.3 is 18.9 Å². The van der Waals surface area contributed by atoms with Crippen LogP contribution in [-0.2, 0) is 32.7 Å². The molecule has 0 amide bonds. The van der Waals surface area contributed by atoms with Gasteiger partial charge in [0.15, 0.2) is 6.10 Å². The topological polar surface area (TPSA) is 108 Å². The van der Waals surface area contributed by atoms with Crippen LogP contribution in [0.5, 0.6) is 0 Å². The Hall–Kier alpha value is -1.25. The number of rotatable bonds is 43. The fraction of sp³-hybridized carbons (Fsp3) is 0.913. The minimum absolute atomic E-state index is 0.0333. The van der Waals surface area contributed by atoms with Crippen LogP contribution in [-0.4, -0.2) is 74.9 Å². The summed E-state index contributed by atoms with van der Waals surface area (Å²) in [6.45, 7) is 4.44. The van der Waals surface area contributed by atoms with Crippen LogP contribution in [0.25, 0.3) is 0 Å². The molecule has 56 heavy (non-hydrogen) atoms. The highest BCUT2D eigenvalue weighted by Crippen LogP contribution is 2.43. The van der Waals surface area contributed by atoms with E-state index in [2.05, 4.69) is 26.0 Å². The summed E-state index contributed by atoms with van der Waals surface area (Å²) < 4.78 is 34.4. The van der Waals surface area contributed by atoms with Gasteiger partial charge in [-0.1, -0.05) is 180 Å². The molecule has 0 aliphatic carbocycles. The maximum absolute atomic E-state index is 12.7. The predicted molar refractivity (Wildman–Crippen MR) is 234 cm³/mol. The smallest absolute Gasteiger partial charge is 0.462 e. The third-order valence-electron chi connectivity index (χ3n) is 10.3. The van der Waals surface area contributed by atoms with Gasteiger partial charge in [-0.15, -0.1) is 0 Å². The van der Waals surface area contributed by atoms with Crippen molar-refractivity contribution in [2.45, 2.75) is 225 Å². The second-order valence-corrected chi connectivity index (χ2v) is 18.6. The number of likely N-dealkylation sites (N-methyl/N-ethyl adjacent to an activating group) is 1. The summed E-state index contributed by atoms with van der Waals surface area (Å²) in [6, 6.07) is 0. The van der Waals surface area contributed by atoms with Gasteiger partial charge in [-0.25, -0.2) is 4.57 Å². The number of hydrogen-bond acceptors (Lipinski definition) is 7. The first-order chi connectivity index (χ1) is 27.0. The molecule has 0 heterocycles. The van der Waals surface area contributed by atoms with Crippen molar-refractivity contribution in [1.82, 2.24) is 0 Å². The summed E-state index contributed by atoms with van der Waals surface area (Å²) in [6.07, 6.45) is 41.1. The molecular formula is C46H91NO8P+. The average molecular weight is 817 g/mol. The van der Waals surface area contributed by atoms with Crippen LogP contribution in [0.4, 0.5) is 0 Å². The van der Waals surface area contributed by atoms with Gasteiger partial charge in [-0.2, -0.15) is 0 Å². The Kier molecular flexibility index (Phi) is 38.3. The van der Waals surface area contributed by atoms with Crippen molar-refractivity contribution in [3.8, 4) is 0 Å². The minimum atomic E-state index is -4.37. The molecule has 0 bridgehead atoms. The maximum atomic E-state index is 12.7. The van der Waals surface area contributed by atoms with E-state index >= 15 is 0 Å². The Bertz CT molecular complexity index is 969. The Labute approximate surface area is 346 Å². The molecule has 0 aromatic heterocycles. The number of phosphoric acid groups is 1. The number of ether oxygens (including phenoxy) is 2. The number of esters is 2. The highest BCUT2D eigenvalue weighted by atomic mass is 31.2. The van der Waals surface area contributed by atoms with Crippen molar-refractivity contribution in [1.29, 1.82) is 0 Å². The summed E-state index contributed by atoms with van der Waals surface area (Å²) in [5.74, 6) is -0.796. The van der Waals surface area contributed by atoms with Gasteiger partial charge in [0, 0.05) is 12.8 Å². The van der Waals surface area contributed by atoms with Gasteiger partial charge >= 0.3 is 19.8 Å². The van der Waals surface area contributed by atoms with Crippen LogP contribution in [0.3, 0.4) is 0 Å². The second-order valence-electron chi connectivity index (χ2n) is 17.1. The van der Waals surface area contributed by atoms with Crippen molar-refractivity contribution in [3.63, 3.8) is 0 Å². The van der Waals surface area contributed by atoms with Gasteiger partial charge in [-0.05, 0) is 38.5 Å². The molecule has 0 rings (SSSR count). The molecule has 0 spiro atoms. The van der Waals surface area contributed by atoms with E-state index in [4.69, 9.17) is 18.5 Å². The van der Waals surface area contributed by atoms with E-state index in [0.717, 1.165) is 51.4 Å². The molecule has 1 N–H and O–H groups in total. The number of carbonyl (C=O) groups excluding carboxylic acids is 2. The van der Waals surface area contributed by atoms with Crippen molar-refractivity contribution in [2.24, 2.45) is 0 Å². The van der Waals surface area contributed by atoms with Gasteiger partial charge in [0.05, 0.1) is 27.7 Å². The van der Waals surface area contributed by atoms with Gasteiger partial charge in [0.25, 0.3) is 0 Å². The van der Waals surface area contributed by atoms with Crippen molar-refractivity contribution >= 4 is 19.8 Å². The number of allylic oxidation sites excluding steroid dienone is 2. The van der Waals surface area contributed by atoms with Crippen LogP contribution in [0.15, 0.2) is 12.2 Å². The van der Waals surface area contributed by atoms with Crippen LogP contribution in [0, 0.1) is 0 Å². The van der Waals surface area contributed by atoms with Crippen LogP contribution in [0.1, 0.15) is 219 Å². The molecule has 0 radical (unpaired) electrons. The van der Waals surface area contributed by atoms with E-state index in [1.165, 1.54) is 135 Å². The number of phosphoric ester groups is 1. The van der Waals surface area contributed by atoms with Crippen molar-refractivity contribution in [2.75, 3.05) is 47.5 Å². The molecule has 0 saturated carbocycles. The first-order valence-corrected chi connectivity index (χ1v) is 24.9. The van der Waals surface area contributed by atoms with Crippen LogP contribution in [0.2, 0.25) is 0 Å². The van der Waals surface area contributed by atoms with Crippen LogP contribution < -0.4 is 0 Å². The normalized spacial score (nSPS) is 13.6. The number of quaternary nitrogens is 1. The van der Waals surface area contributed by atoms with E-state index < -0.39 is 26.5 Å². The monoisotopic (exact) mass is 817 g/mol. The van der Waals surface area contributed by atoms with Gasteiger partial charge in [0.2, 0.25) is 0 Å². The highest BCUT2D eigenvalue weighted by molar-refractivity contribution is 7.47. The lowest BCUT2D eigenvalue weighted by Gasteiger charge is -2.24. The zero-order valence-corrected chi connectivity index (χ0v) is 38.3. The average Bonchev–Trinajstić information content (AvgIpc) is 3.15. The Morgan fingerprint density at radius 2 is 0.911 bits per heavy atom. The third-order valence-corrected chi connectivity index (χ3v) is 11.3. The number of carbonyl (C=O) groups is 2. The zero-order valence-electron chi connectivity index (χ0n) is 37.4. The molecule has 0 fully saturated rings. The molecule has 0 saturated heterocycles. The third kappa shape index (κ3) is 42.4. The Morgan fingerprint density at radius 1 is 0.536 bits per heavy atom. The predicted octanol–water partition coefficient (Wildman–Crippen LogP) is 13.4.